The number of carbonyl (C=O) groups is 1. The minimum absolute atomic E-state index is 0.00164. The molecule has 0 atom stereocenters. The third-order valence-electron chi connectivity index (χ3n) is 6.43. The Morgan fingerprint density at radius 2 is 1.71 bits per heavy atom. The molecule has 7 nitrogen and oxygen atoms in total. The number of amides is 1. The maximum absolute atomic E-state index is 13.5. The summed E-state index contributed by atoms with van der Waals surface area (Å²) >= 11 is 0. The lowest BCUT2D eigenvalue weighted by molar-refractivity contribution is -0.124. The molecule has 1 amide bonds. The van der Waals surface area contributed by atoms with Crippen molar-refractivity contribution in [2.75, 3.05) is 20.8 Å². The summed E-state index contributed by atoms with van der Waals surface area (Å²) in [5.74, 6) is 1.04. The van der Waals surface area contributed by atoms with E-state index in [1.54, 1.807) is 31.4 Å². The van der Waals surface area contributed by atoms with E-state index < -0.39 is 0 Å². The Labute approximate surface area is 199 Å². The summed E-state index contributed by atoms with van der Waals surface area (Å²) in [6, 6.07) is 9.02. The van der Waals surface area contributed by atoms with Crippen LogP contribution in [-0.4, -0.2) is 32.8 Å². The number of fused-ring (bicyclic) bond motifs is 1. The zero-order valence-electron chi connectivity index (χ0n) is 20.2. The molecule has 1 heterocycles. The van der Waals surface area contributed by atoms with Gasteiger partial charge >= 0.3 is 0 Å². The van der Waals surface area contributed by atoms with Crippen molar-refractivity contribution in [1.82, 2.24) is 5.32 Å². The second kappa shape index (κ2) is 10.2. The molecule has 180 valence electrons. The number of aryl methyl sites for hydroxylation is 2. The third kappa shape index (κ3) is 4.88. The fourth-order valence-electron chi connectivity index (χ4n) is 4.39. The number of nitrogens with one attached hydrogen (secondary N) is 1. The summed E-state index contributed by atoms with van der Waals surface area (Å²) in [6.07, 6.45) is 5.37. The van der Waals surface area contributed by atoms with E-state index in [1.165, 1.54) is 13.5 Å². The molecule has 1 N–H and O–H groups in total. The number of carbonyl (C=O) groups excluding carboxylic acids is 1. The van der Waals surface area contributed by atoms with Gasteiger partial charge in [-0.25, -0.2) is 0 Å². The molecule has 4 rings (SSSR count). The van der Waals surface area contributed by atoms with E-state index in [2.05, 4.69) is 5.32 Å². The SMILES string of the molecule is COc1ccc(-c2oc3cc(C)c(C)cc3c(=O)c2OCC(=O)NC2CCCCC2)cc1OC. The van der Waals surface area contributed by atoms with Crippen LogP contribution in [0.4, 0.5) is 0 Å². The van der Waals surface area contributed by atoms with E-state index in [0.29, 0.717) is 28.0 Å². The minimum Gasteiger partial charge on any atom is -0.493 e. The van der Waals surface area contributed by atoms with Crippen LogP contribution in [0.2, 0.25) is 0 Å². The lowest BCUT2D eigenvalue weighted by atomic mass is 9.95. The van der Waals surface area contributed by atoms with E-state index in [9.17, 15) is 9.59 Å². The van der Waals surface area contributed by atoms with Crippen LogP contribution in [0.3, 0.4) is 0 Å². The molecule has 1 aromatic heterocycles. The van der Waals surface area contributed by atoms with Gasteiger partial charge in [-0.3, -0.25) is 9.59 Å². The van der Waals surface area contributed by atoms with Crippen LogP contribution in [0.25, 0.3) is 22.3 Å². The topological polar surface area (TPSA) is 87.0 Å². The molecule has 1 fully saturated rings. The fourth-order valence-corrected chi connectivity index (χ4v) is 4.39. The van der Waals surface area contributed by atoms with Crippen molar-refractivity contribution >= 4 is 16.9 Å². The van der Waals surface area contributed by atoms with Crippen molar-refractivity contribution in [1.29, 1.82) is 0 Å². The number of hydrogen-bond acceptors (Lipinski definition) is 6. The van der Waals surface area contributed by atoms with Gasteiger partial charge in [0.2, 0.25) is 11.2 Å². The first kappa shape index (κ1) is 23.7. The highest BCUT2D eigenvalue weighted by molar-refractivity contribution is 5.84. The van der Waals surface area contributed by atoms with Gasteiger partial charge in [0.05, 0.1) is 19.6 Å². The molecular weight excluding hydrogens is 434 g/mol. The summed E-state index contributed by atoms with van der Waals surface area (Å²) < 4.78 is 22.8. The molecule has 34 heavy (non-hydrogen) atoms. The molecule has 7 heteroatoms. The second-order valence-corrected chi connectivity index (χ2v) is 8.78. The lowest BCUT2D eigenvalue weighted by Crippen LogP contribution is -2.39. The molecule has 1 aliphatic carbocycles. The molecule has 0 saturated heterocycles. The first-order chi connectivity index (χ1) is 16.4. The van der Waals surface area contributed by atoms with Gasteiger partial charge in [0, 0.05) is 11.6 Å². The molecule has 1 saturated carbocycles. The summed E-state index contributed by atoms with van der Waals surface area (Å²) in [6.45, 7) is 3.64. The Morgan fingerprint density at radius 3 is 2.41 bits per heavy atom. The van der Waals surface area contributed by atoms with Gasteiger partial charge in [0.1, 0.15) is 5.58 Å². The van der Waals surface area contributed by atoms with Gasteiger partial charge in [-0.05, 0) is 68.1 Å². The van der Waals surface area contributed by atoms with E-state index in [4.69, 9.17) is 18.6 Å². The number of rotatable bonds is 7. The highest BCUT2D eigenvalue weighted by Crippen LogP contribution is 2.37. The number of ether oxygens (including phenoxy) is 3. The summed E-state index contributed by atoms with van der Waals surface area (Å²) in [5, 5.41) is 3.43. The molecular formula is C27H31NO6. The Kier molecular flexibility index (Phi) is 7.10. The molecule has 2 aromatic carbocycles. The van der Waals surface area contributed by atoms with Crippen LogP contribution in [0.15, 0.2) is 39.5 Å². The number of hydrogen-bond donors (Lipinski definition) is 1. The van der Waals surface area contributed by atoms with E-state index >= 15 is 0 Å². The molecule has 0 bridgehead atoms. The van der Waals surface area contributed by atoms with Crippen molar-refractivity contribution in [3.8, 4) is 28.6 Å². The normalized spacial score (nSPS) is 14.1. The zero-order chi connectivity index (χ0) is 24.2. The smallest absolute Gasteiger partial charge is 0.258 e. The minimum atomic E-state index is -0.320. The molecule has 0 aliphatic heterocycles. The first-order valence-corrected chi connectivity index (χ1v) is 11.6. The quantitative estimate of drug-likeness (QED) is 0.533. The summed E-state index contributed by atoms with van der Waals surface area (Å²) in [5.41, 5.74) is 2.70. The zero-order valence-corrected chi connectivity index (χ0v) is 20.2. The fraction of sp³-hybridized carbons (Fsp3) is 0.407. The van der Waals surface area contributed by atoms with Gasteiger partial charge in [-0.1, -0.05) is 19.3 Å². The van der Waals surface area contributed by atoms with Crippen LogP contribution >= 0.6 is 0 Å². The average Bonchev–Trinajstić information content (AvgIpc) is 2.84. The lowest BCUT2D eigenvalue weighted by Gasteiger charge is -2.22. The van der Waals surface area contributed by atoms with Gasteiger partial charge in [-0.15, -0.1) is 0 Å². The van der Waals surface area contributed by atoms with Crippen LogP contribution in [0.1, 0.15) is 43.2 Å². The van der Waals surface area contributed by atoms with Crippen molar-refractivity contribution in [3.63, 3.8) is 0 Å². The third-order valence-corrected chi connectivity index (χ3v) is 6.43. The molecule has 0 unspecified atom stereocenters. The number of methoxy groups -OCH3 is 2. The van der Waals surface area contributed by atoms with Crippen molar-refractivity contribution in [2.45, 2.75) is 52.0 Å². The monoisotopic (exact) mass is 465 g/mol. The predicted molar refractivity (Wildman–Crippen MR) is 131 cm³/mol. The molecule has 1 aliphatic rings. The maximum Gasteiger partial charge on any atom is 0.258 e. The van der Waals surface area contributed by atoms with Gasteiger partial charge in [-0.2, -0.15) is 0 Å². The van der Waals surface area contributed by atoms with Crippen LogP contribution in [0.5, 0.6) is 17.2 Å². The van der Waals surface area contributed by atoms with Gasteiger partial charge in [0.25, 0.3) is 5.91 Å². The van der Waals surface area contributed by atoms with Crippen LogP contribution < -0.4 is 25.0 Å². The van der Waals surface area contributed by atoms with E-state index in [0.717, 1.165) is 36.8 Å². The molecule has 3 aromatic rings. The summed E-state index contributed by atoms with van der Waals surface area (Å²) in [4.78, 5) is 26.1. The number of benzene rings is 2. The standard InChI is InChI=1S/C27H31NO6/c1-16-12-20-22(13-17(16)2)34-26(18-10-11-21(31-3)23(14-18)32-4)27(25(20)30)33-15-24(29)28-19-8-6-5-7-9-19/h10-14,19H,5-9,15H2,1-4H3,(H,28,29). The Hall–Kier alpha value is -3.48. The van der Waals surface area contributed by atoms with Gasteiger partial charge in [0.15, 0.2) is 23.9 Å². The maximum atomic E-state index is 13.5. The van der Waals surface area contributed by atoms with Crippen LogP contribution in [-0.2, 0) is 4.79 Å². The molecule has 0 spiro atoms. The Bertz CT molecular complexity index is 1260. The Balaban J connectivity index is 1.74. The summed E-state index contributed by atoms with van der Waals surface area (Å²) in [7, 11) is 3.09. The van der Waals surface area contributed by atoms with E-state index in [-0.39, 0.29) is 35.5 Å². The highest BCUT2D eigenvalue weighted by atomic mass is 16.5. The van der Waals surface area contributed by atoms with Crippen molar-refractivity contribution < 1.29 is 23.4 Å². The predicted octanol–water partition coefficient (Wildman–Crippen LogP) is 4.92. The van der Waals surface area contributed by atoms with Crippen LogP contribution in [0, 0.1) is 13.8 Å². The second-order valence-electron chi connectivity index (χ2n) is 8.78. The Morgan fingerprint density at radius 1 is 1.00 bits per heavy atom. The molecule has 0 radical (unpaired) electrons. The highest BCUT2D eigenvalue weighted by Gasteiger charge is 2.22. The largest absolute Gasteiger partial charge is 0.493 e. The van der Waals surface area contributed by atoms with Crippen molar-refractivity contribution in [3.05, 3.63) is 51.7 Å². The first-order valence-electron chi connectivity index (χ1n) is 11.6. The van der Waals surface area contributed by atoms with E-state index in [1.807, 2.05) is 19.9 Å². The van der Waals surface area contributed by atoms with Crippen molar-refractivity contribution in [2.24, 2.45) is 0 Å². The van der Waals surface area contributed by atoms with Gasteiger partial charge < -0.3 is 23.9 Å². The average molecular weight is 466 g/mol.